The molecule has 2 heteroatoms. The van der Waals surface area contributed by atoms with Crippen molar-refractivity contribution >= 4 is 10.9 Å². The number of unbranched alkanes of at least 4 members (excludes halogenated alkanes) is 3. The quantitative estimate of drug-likeness (QED) is 0.650. The molecule has 2 rings (SSSR count). The van der Waals surface area contributed by atoms with Crippen LogP contribution in [-0.4, -0.2) is 10.5 Å². The summed E-state index contributed by atoms with van der Waals surface area (Å²) < 4.78 is 0. The molecule has 20 heavy (non-hydrogen) atoms. The Morgan fingerprint density at radius 2 is 1.90 bits per heavy atom. The van der Waals surface area contributed by atoms with E-state index < -0.39 is 0 Å². The summed E-state index contributed by atoms with van der Waals surface area (Å²) in [6, 6.07) is 8.51. The van der Waals surface area contributed by atoms with Gasteiger partial charge in [-0.2, -0.15) is 0 Å². The maximum atomic E-state index is 3.71. The molecule has 0 saturated heterocycles. The van der Waals surface area contributed by atoms with Crippen LogP contribution in [0.4, 0.5) is 0 Å². The van der Waals surface area contributed by atoms with Gasteiger partial charge in [0.15, 0.2) is 0 Å². The van der Waals surface area contributed by atoms with Crippen LogP contribution in [0.5, 0.6) is 0 Å². The summed E-state index contributed by atoms with van der Waals surface area (Å²) in [5, 5.41) is 5.05. The van der Waals surface area contributed by atoms with Crippen molar-refractivity contribution in [1.82, 2.24) is 10.3 Å². The Morgan fingerprint density at radius 3 is 2.70 bits per heavy atom. The normalized spacial score (nSPS) is 12.2. The number of benzene rings is 1. The summed E-state index contributed by atoms with van der Waals surface area (Å²) in [7, 11) is 0. The number of aromatic amines is 1. The van der Waals surface area contributed by atoms with Crippen LogP contribution < -0.4 is 5.32 Å². The number of nitrogens with one attached hydrogen (secondary N) is 2. The first-order valence-electron chi connectivity index (χ1n) is 7.92. The number of para-hydroxylation sites is 1. The molecule has 2 aromatic rings. The lowest BCUT2D eigenvalue weighted by molar-refractivity contribution is 0.346. The molecule has 1 aromatic carbocycles. The van der Waals surface area contributed by atoms with E-state index in [0.29, 0.717) is 0 Å². The van der Waals surface area contributed by atoms with E-state index in [9.17, 15) is 0 Å². The smallest absolute Gasteiger partial charge is 0.0457 e. The molecule has 0 unspecified atom stereocenters. The van der Waals surface area contributed by atoms with Crippen molar-refractivity contribution in [3.63, 3.8) is 0 Å². The molecular weight excluding hydrogens is 244 g/mol. The van der Waals surface area contributed by atoms with E-state index in [1.54, 1.807) is 0 Å². The number of rotatable bonds is 8. The van der Waals surface area contributed by atoms with Gasteiger partial charge in [0.05, 0.1) is 0 Å². The molecule has 0 fully saturated rings. The van der Waals surface area contributed by atoms with Crippen LogP contribution in [0, 0.1) is 0 Å². The highest BCUT2D eigenvalue weighted by Gasteiger charge is 2.16. The van der Waals surface area contributed by atoms with Gasteiger partial charge in [0.1, 0.15) is 0 Å². The molecule has 2 nitrogen and oxygen atoms in total. The van der Waals surface area contributed by atoms with Gasteiger partial charge in [-0.05, 0) is 31.9 Å². The molecule has 0 bridgehead atoms. The van der Waals surface area contributed by atoms with Crippen molar-refractivity contribution in [2.24, 2.45) is 0 Å². The second-order valence-corrected chi connectivity index (χ2v) is 6.41. The predicted octanol–water partition coefficient (Wildman–Crippen LogP) is 5.01. The van der Waals surface area contributed by atoms with Gasteiger partial charge < -0.3 is 10.3 Å². The lowest BCUT2D eigenvalue weighted by Crippen LogP contribution is -2.38. The van der Waals surface area contributed by atoms with Gasteiger partial charge in [0.2, 0.25) is 0 Å². The maximum absolute atomic E-state index is 3.71. The van der Waals surface area contributed by atoms with Gasteiger partial charge in [-0.15, -0.1) is 0 Å². The van der Waals surface area contributed by atoms with Crippen LogP contribution in [0.2, 0.25) is 0 Å². The molecule has 110 valence electrons. The minimum atomic E-state index is 0.214. The Kier molecular flexibility index (Phi) is 5.24. The highest BCUT2D eigenvalue weighted by atomic mass is 15.0. The standard InChI is InChI=1S/C18H28N2/c1-4-5-6-9-12-18(2,3)20-14-15-13-19-17-11-8-7-10-16(15)17/h7-8,10-11,13,19-20H,4-6,9,12,14H2,1-3H3. The van der Waals surface area contributed by atoms with E-state index in [4.69, 9.17) is 0 Å². The van der Waals surface area contributed by atoms with Crippen LogP contribution in [0.15, 0.2) is 30.5 Å². The molecule has 0 radical (unpaired) electrons. The van der Waals surface area contributed by atoms with Crippen molar-refractivity contribution in [2.75, 3.05) is 0 Å². The van der Waals surface area contributed by atoms with Gasteiger partial charge in [0.25, 0.3) is 0 Å². The fourth-order valence-corrected chi connectivity index (χ4v) is 2.69. The summed E-state index contributed by atoms with van der Waals surface area (Å²) in [5.41, 5.74) is 2.80. The first-order valence-corrected chi connectivity index (χ1v) is 7.92. The van der Waals surface area contributed by atoms with E-state index >= 15 is 0 Å². The number of H-pyrrole nitrogens is 1. The molecule has 0 atom stereocenters. The van der Waals surface area contributed by atoms with Crippen LogP contribution in [0.1, 0.15) is 58.4 Å². The first-order chi connectivity index (χ1) is 9.62. The summed E-state index contributed by atoms with van der Waals surface area (Å²) in [4.78, 5) is 3.34. The van der Waals surface area contributed by atoms with Crippen molar-refractivity contribution < 1.29 is 0 Å². The average molecular weight is 272 g/mol. The van der Waals surface area contributed by atoms with E-state index in [1.165, 1.54) is 48.6 Å². The third kappa shape index (κ3) is 4.11. The molecule has 1 aromatic heterocycles. The Bertz CT molecular complexity index is 525. The SMILES string of the molecule is CCCCCCC(C)(C)NCc1c[nH]c2ccccc12. The second kappa shape index (κ2) is 6.94. The summed E-state index contributed by atoms with van der Waals surface area (Å²) in [6.45, 7) is 7.83. The number of aromatic nitrogens is 1. The fourth-order valence-electron chi connectivity index (χ4n) is 2.69. The molecule has 0 spiro atoms. The number of hydrogen-bond donors (Lipinski definition) is 2. The maximum Gasteiger partial charge on any atom is 0.0457 e. The zero-order valence-corrected chi connectivity index (χ0v) is 13.1. The second-order valence-electron chi connectivity index (χ2n) is 6.41. The average Bonchev–Trinajstić information content (AvgIpc) is 2.85. The van der Waals surface area contributed by atoms with Gasteiger partial charge in [0, 0.05) is 29.2 Å². The Hall–Kier alpha value is -1.28. The van der Waals surface area contributed by atoms with Crippen LogP contribution >= 0.6 is 0 Å². The van der Waals surface area contributed by atoms with Crippen LogP contribution in [-0.2, 0) is 6.54 Å². The van der Waals surface area contributed by atoms with Crippen molar-refractivity contribution in [3.05, 3.63) is 36.0 Å². The minimum absolute atomic E-state index is 0.214. The van der Waals surface area contributed by atoms with Crippen LogP contribution in [0.25, 0.3) is 10.9 Å². The lowest BCUT2D eigenvalue weighted by Gasteiger charge is -2.26. The number of fused-ring (bicyclic) bond motifs is 1. The molecule has 0 amide bonds. The first kappa shape index (κ1) is 15.1. The third-order valence-corrected chi connectivity index (χ3v) is 4.09. The lowest BCUT2D eigenvalue weighted by atomic mass is 9.96. The Balaban J connectivity index is 1.87. The highest BCUT2D eigenvalue weighted by Crippen LogP contribution is 2.20. The molecule has 0 aliphatic heterocycles. The van der Waals surface area contributed by atoms with Gasteiger partial charge >= 0.3 is 0 Å². The minimum Gasteiger partial charge on any atom is -0.361 e. The van der Waals surface area contributed by atoms with Gasteiger partial charge in [-0.3, -0.25) is 0 Å². The van der Waals surface area contributed by atoms with E-state index in [-0.39, 0.29) is 5.54 Å². The zero-order chi connectivity index (χ0) is 14.4. The van der Waals surface area contributed by atoms with E-state index in [0.717, 1.165) is 6.54 Å². The summed E-state index contributed by atoms with van der Waals surface area (Å²) >= 11 is 0. The molecular formula is C18H28N2. The number of hydrogen-bond acceptors (Lipinski definition) is 1. The molecule has 0 aliphatic carbocycles. The van der Waals surface area contributed by atoms with Gasteiger partial charge in [-0.25, -0.2) is 0 Å². The highest BCUT2D eigenvalue weighted by molar-refractivity contribution is 5.82. The molecule has 1 heterocycles. The topological polar surface area (TPSA) is 27.8 Å². The Morgan fingerprint density at radius 1 is 1.10 bits per heavy atom. The molecule has 0 saturated carbocycles. The largest absolute Gasteiger partial charge is 0.361 e. The van der Waals surface area contributed by atoms with Crippen molar-refractivity contribution in [3.8, 4) is 0 Å². The third-order valence-electron chi connectivity index (χ3n) is 4.09. The summed E-state index contributed by atoms with van der Waals surface area (Å²) in [5.74, 6) is 0. The molecule has 2 N–H and O–H groups in total. The molecule has 0 aliphatic rings. The van der Waals surface area contributed by atoms with Gasteiger partial charge in [-0.1, -0.05) is 50.8 Å². The Labute approximate surface area is 123 Å². The zero-order valence-electron chi connectivity index (χ0n) is 13.1. The van der Waals surface area contributed by atoms with Crippen molar-refractivity contribution in [2.45, 2.75) is 65.0 Å². The predicted molar refractivity (Wildman–Crippen MR) is 88.0 cm³/mol. The monoisotopic (exact) mass is 272 g/mol. The van der Waals surface area contributed by atoms with E-state index in [2.05, 4.69) is 61.5 Å². The summed E-state index contributed by atoms with van der Waals surface area (Å²) in [6.07, 6.45) is 8.72. The van der Waals surface area contributed by atoms with E-state index in [1.807, 2.05) is 0 Å². The van der Waals surface area contributed by atoms with Crippen molar-refractivity contribution in [1.29, 1.82) is 0 Å². The van der Waals surface area contributed by atoms with Crippen LogP contribution in [0.3, 0.4) is 0 Å². The fraction of sp³-hybridized carbons (Fsp3) is 0.556.